The first-order valence-electron chi connectivity index (χ1n) is 10.9. The summed E-state index contributed by atoms with van der Waals surface area (Å²) in [5, 5.41) is 9.75. The zero-order valence-corrected chi connectivity index (χ0v) is 18.5. The van der Waals surface area contributed by atoms with Crippen LogP contribution in [-0.4, -0.2) is 72.9 Å². The molecule has 5 rings (SSSR count). The number of anilines is 3. The Morgan fingerprint density at radius 1 is 1.12 bits per heavy atom. The molecule has 1 saturated carbocycles. The van der Waals surface area contributed by atoms with E-state index in [2.05, 4.69) is 35.7 Å². The molecule has 176 valence electrons. The molecule has 0 bridgehead atoms. The zero-order valence-electron chi connectivity index (χ0n) is 18.5. The first-order chi connectivity index (χ1) is 16.6. The molecule has 3 aromatic heterocycles. The van der Waals surface area contributed by atoms with E-state index in [-0.39, 0.29) is 29.0 Å². The van der Waals surface area contributed by atoms with Crippen molar-refractivity contribution in [3.63, 3.8) is 0 Å². The fourth-order valence-corrected chi connectivity index (χ4v) is 3.54. The van der Waals surface area contributed by atoms with Crippen LogP contribution in [0.3, 0.4) is 0 Å². The van der Waals surface area contributed by atoms with E-state index in [4.69, 9.17) is 9.47 Å². The lowest BCUT2D eigenvalue weighted by molar-refractivity contribution is 0.0296. The topological polar surface area (TPSA) is 149 Å². The Morgan fingerprint density at radius 2 is 1.88 bits per heavy atom. The van der Waals surface area contributed by atoms with Crippen molar-refractivity contribution >= 4 is 29.2 Å². The molecule has 2 fully saturated rings. The van der Waals surface area contributed by atoms with Gasteiger partial charge < -0.3 is 19.7 Å². The molecule has 0 atom stereocenters. The maximum Gasteiger partial charge on any atom is 0.418 e. The molecule has 13 heteroatoms. The molecule has 2 aliphatic rings. The second-order valence-electron chi connectivity index (χ2n) is 7.92. The third-order valence-corrected chi connectivity index (χ3v) is 5.44. The predicted molar refractivity (Wildman–Crippen MR) is 119 cm³/mol. The third-order valence-electron chi connectivity index (χ3n) is 5.44. The van der Waals surface area contributed by atoms with E-state index < -0.39 is 6.09 Å². The monoisotopic (exact) mass is 465 g/mol. The number of morpholine rings is 1. The maximum absolute atomic E-state index is 13.0. The van der Waals surface area contributed by atoms with Gasteiger partial charge in [-0.1, -0.05) is 0 Å². The summed E-state index contributed by atoms with van der Waals surface area (Å²) in [5.41, 5.74) is 1.80. The number of rotatable bonds is 6. The van der Waals surface area contributed by atoms with Gasteiger partial charge in [0, 0.05) is 26.1 Å². The van der Waals surface area contributed by atoms with Crippen LogP contribution in [0, 0.1) is 0 Å². The van der Waals surface area contributed by atoms with Gasteiger partial charge in [-0.15, -0.1) is 0 Å². The number of ether oxygens (including phenoxy) is 2. The number of nitrogens with one attached hydrogen (secondary N) is 2. The highest BCUT2D eigenvalue weighted by Crippen LogP contribution is 2.40. The average molecular weight is 465 g/mol. The van der Waals surface area contributed by atoms with Gasteiger partial charge in [-0.05, 0) is 12.8 Å². The standard InChI is InChI=1S/C21H23N9O4/c1-29-17(20(31)30-4-6-33-7-5-30)16(11-25-29)28-21(32)34-19-18(26-14-8-22-12-23-9-14)24-10-15(27-19)13-2-3-13/h8-13H,2-7H2,1H3,(H,24,26)(H,28,32). The normalized spacial score (nSPS) is 15.6. The number of amides is 2. The van der Waals surface area contributed by atoms with Crippen LogP contribution in [0.25, 0.3) is 0 Å². The smallest absolute Gasteiger partial charge is 0.387 e. The second kappa shape index (κ2) is 9.39. The van der Waals surface area contributed by atoms with E-state index in [1.165, 1.54) is 17.2 Å². The summed E-state index contributed by atoms with van der Waals surface area (Å²) in [4.78, 5) is 44.2. The van der Waals surface area contributed by atoms with Crippen LogP contribution >= 0.6 is 0 Å². The summed E-state index contributed by atoms with van der Waals surface area (Å²) in [7, 11) is 1.64. The molecular weight excluding hydrogens is 442 g/mol. The average Bonchev–Trinajstić information content (AvgIpc) is 3.64. The van der Waals surface area contributed by atoms with Crippen LogP contribution in [0.1, 0.15) is 34.9 Å². The summed E-state index contributed by atoms with van der Waals surface area (Å²) in [6.45, 7) is 1.87. The molecule has 13 nitrogen and oxygen atoms in total. The van der Waals surface area contributed by atoms with Gasteiger partial charge >= 0.3 is 6.09 Å². The molecule has 2 amide bonds. The Hall–Kier alpha value is -4.13. The molecule has 1 saturated heterocycles. The van der Waals surface area contributed by atoms with Gasteiger partial charge in [0.15, 0.2) is 5.82 Å². The van der Waals surface area contributed by atoms with E-state index in [1.807, 2.05) is 0 Å². The van der Waals surface area contributed by atoms with Crippen molar-refractivity contribution in [3.8, 4) is 5.88 Å². The summed E-state index contributed by atoms with van der Waals surface area (Å²) in [6.07, 6.45) is 8.81. The van der Waals surface area contributed by atoms with Gasteiger partial charge in [-0.25, -0.2) is 24.7 Å². The Morgan fingerprint density at radius 3 is 2.62 bits per heavy atom. The summed E-state index contributed by atoms with van der Waals surface area (Å²) in [5.74, 6) is 0.310. The van der Waals surface area contributed by atoms with E-state index in [9.17, 15) is 9.59 Å². The predicted octanol–water partition coefficient (Wildman–Crippen LogP) is 1.70. The maximum atomic E-state index is 13.0. The number of nitrogens with zero attached hydrogens (tertiary/aromatic N) is 7. The summed E-state index contributed by atoms with van der Waals surface area (Å²) >= 11 is 0. The van der Waals surface area contributed by atoms with Crippen molar-refractivity contribution < 1.29 is 19.1 Å². The van der Waals surface area contributed by atoms with Gasteiger partial charge in [0.2, 0.25) is 0 Å². The van der Waals surface area contributed by atoms with Crippen LogP contribution in [0.4, 0.5) is 22.0 Å². The van der Waals surface area contributed by atoms with Gasteiger partial charge in [-0.2, -0.15) is 5.10 Å². The molecule has 1 aliphatic heterocycles. The van der Waals surface area contributed by atoms with Crippen LogP contribution in [0.15, 0.2) is 31.1 Å². The van der Waals surface area contributed by atoms with E-state index in [0.717, 1.165) is 18.5 Å². The molecule has 0 spiro atoms. The number of aryl methyl sites for hydroxylation is 1. The minimum atomic E-state index is -0.821. The lowest BCUT2D eigenvalue weighted by Crippen LogP contribution is -2.41. The number of hydrogen-bond donors (Lipinski definition) is 2. The van der Waals surface area contributed by atoms with Crippen molar-refractivity contribution in [3.05, 3.63) is 42.5 Å². The Kier molecular flexibility index (Phi) is 5.99. The van der Waals surface area contributed by atoms with Gasteiger partial charge in [0.1, 0.15) is 12.0 Å². The second-order valence-corrected chi connectivity index (χ2v) is 7.92. The quantitative estimate of drug-likeness (QED) is 0.551. The van der Waals surface area contributed by atoms with Crippen LogP contribution in [0.5, 0.6) is 5.88 Å². The Bertz CT molecular complexity index is 1190. The Labute approximate surface area is 194 Å². The SMILES string of the molecule is Cn1ncc(NC(=O)Oc2nc(C3CC3)cnc2Nc2cncnc2)c1C(=O)N1CCOCC1. The minimum Gasteiger partial charge on any atom is -0.387 e. The number of hydrogen-bond acceptors (Lipinski definition) is 10. The molecule has 3 aromatic rings. The van der Waals surface area contributed by atoms with E-state index in [1.54, 1.807) is 30.5 Å². The largest absolute Gasteiger partial charge is 0.418 e. The summed E-state index contributed by atoms with van der Waals surface area (Å²) < 4.78 is 12.3. The number of aromatic nitrogens is 6. The van der Waals surface area contributed by atoms with E-state index in [0.29, 0.717) is 37.9 Å². The fourth-order valence-electron chi connectivity index (χ4n) is 3.54. The molecule has 2 N–H and O–H groups in total. The molecule has 4 heterocycles. The third kappa shape index (κ3) is 4.78. The highest BCUT2D eigenvalue weighted by molar-refractivity contribution is 6.01. The molecular formula is C21H23N9O4. The number of carbonyl (C=O) groups excluding carboxylic acids is 2. The molecule has 1 aliphatic carbocycles. The zero-order chi connectivity index (χ0) is 23.5. The van der Waals surface area contributed by atoms with Crippen molar-refractivity contribution in [2.75, 3.05) is 36.9 Å². The Balaban J connectivity index is 1.34. The number of carbonyl (C=O) groups is 2. The van der Waals surface area contributed by atoms with Crippen LogP contribution in [-0.2, 0) is 11.8 Å². The molecule has 0 unspecified atom stereocenters. The highest BCUT2D eigenvalue weighted by atomic mass is 16.6. The lowest BCUT2D eigenvalue weighted by Gasteiger charge is -2.27. The van der Waals surface area contributed by atoms with E-state index >= 15 is 0 Å². The van der Waals surface area contributed by atoms with Crippen molar-refractivity contribution in [2.45, 2.75) is 18.8 Å². The van der Waals surface area contributed by atoms with Gasteiger partial charge in [0.05, 0.1) is 55.1 Å². The van der Waals surface area contributed by atoms with Crippen LogP contribution in [0.2, 0.25) is 0 Å². The van der Waals surface area contributed by atoms with Gasteiger partial charge in [0.25, 0.3) is 11.8 Å². The molecule has 0 radical (unpaired) electrons. The highest BCUT2D eigenvalue weighted by Gasteiger charge is 2.28. The van der Waals surface area contributed by atoms with Crippen molar-refractivity contribution in [1.82, 2.24) is 34.6 Å². The van der Waals surface area contributed by atoms with Crippen molar-refractivity contribution in [2.24, 2.45) is 7.05 Å². The minimum absolute atomic E-state index is 0.00991. The van der Waals surface area contributed by atoms with Gasteiger partial charge in [-0.3, -0.25) is 14.8 Å². The molecule has 0 aromatic carbocycles. The first kappa shape index (κ1) is 21.7. The fraction of sp³-hybridized carbons (Fsp3) is 0.381. The van der Waals surface area contributed by atoms with Crippen molar-refractivity contribution in [1.29, 1.82) is 0 Å². The first-order valence-corrected chi connectivity index (χ1v) is 10.9. The van der Waals surface area contributed by atoms with Crippen LogP contribution < -0.4 is 15.4 Å². The molecule has 34 heavy (non-hydrogen) atoms. The summed E-state index contributed by atoms with van der Waals surface area (Å²) in [6, 6.07) is 0. The lowest BCUT2D eigenvalue weighted by atomic mass is 10.3.